The predicted molar refractivity (Wildman–Crippen MR) is 99.5 cm³/mol. The Bertz CT molecular complexity index is 745. The van der Waals surface area contributed by atoms with Crippen LogP contribution in [0.25, 0.3) is 0 Å². The van der Waals surface area contributed by atoms with E-state index in [2.05, 4.69) is 5.32 Å². The largest absolute Gasteiger partial charge is 0.493 e. The highest BCUT2D eigenvalue weighted by Gasteiger charge is 2.25. The molecule has 0 saturated carbocycles. The summed E-state index contributed by atoms with van der Waals surface area (Å²) in [5, 5.41) is 3.40. The normalized spacial score (nSPS) is 15.8. The van der Waals surface area contributed by atoms with Crippen LogP contribution in [0.15, 0.2) is 42.5 Å². The van der Waals surface area contributed by atoms with E-state index in [1.54, 1.807) is 7.11 Å². The first-order valence-corrected chi connectivity index (χ1v) is 8.97. The summed E-state index contributed by atoms with van der Waals surface area (Å²) in [6.07, 6.45) is 1.20. The van der Waals surface area contributed by atoms with Crippen molar-refractivity contribution in [3.05, 3.63) is 59.2 Å². The van der Waals surface area contributed by atoms with Gasteiger partial charge in [0.2, 0.25) is 0 Å². The molecular weight excluding hydrogens is 330 g/mol. The van der Waals surface area contributed by atoms with Crippen LogP contribution in [0, 0.1) is 0 Å². The van der Waals surface area contributed by atoms with Crippen LogP contribution in [0.5, 0.6) is 11.5 Å². The van der Waals surface area contributed by atoms with Crippen molar-refractivity contribution in [3.8, 4) is 11.5 Å². The molecule has 0 aromatic heterocycles. The second-order valence-electron chi connectivity index (χ2n) is 6.24. The number of hydrogen-bond acceptors (Lipinski definition) is 5. The lowest BCUT2D eigenvalue weighted by Crippen LogP contribution is -2.32. The molecule has 138 valence electrons. The topological polar surface area (TPSA) is 56.8 Å². The quantitative estimate of drug-likeness (QED) is 0.772. The second-order valence-corrected chi connectivity index (χ2v) is 6.24. The number of nitrogens with one attached hydrogen (secondary N) is 1. The number of hydrogen-bond donors (Lipinski definition) is 1. The highest BCUT2D eigenvalue weighted by Crippen LogP contribution is 2.36. The molecule has 0 aliphatic carbocycles. The van der Waals surface area contributed by atoms with Crippen LogP contribution in [0.2, 0.25) is 0 Å². The van der Waals surface area contributed by atoms with E-state index in [0.29, 0.717) is 25.4 Å². The minimum Gasteiger partial charge on any atom is -0.493 e. The third kappa shape index (κ3) is 4.35. The fourth-order valence-electron chi connectivity index (χ4n) is 3.23. The lowest BCUT2D eigenvalue weighted by molar-refractivity contribution is -0.143. The van der Waals surface area contributed by atoms with Crippen LogP contribution >= 0.6 is 0 Å². The number of benzene rings is 2. The van der Waals surface area contributed by atoms with Crippen molar-refractivity contribution >= 4 is 5.97 Å². The van der Waals surface area contributed by atoms with Crippen molar-refractivity contribution in [3.63, 3.8) is 0 Å². The first-order chi connectivity index (χ1) is 12.7. The Kier molecular flexibility index (Phi) is 6.12. The van der Waals surface area contributed by atoms with E-state index in [0.717, 1.165) is 29.8 Å². The summed E-state index contributed by atoms with van der Waals surface area (Å²) in [6.45, 7) is 3.52. The van der Waals surface area contributed by atoms with Crippen molar-refractivity contribution in [2.45, 2.75) is 32.4 Å². The van der Waals surface area contributed by atoms with Gasteiger partial charge in [0.25, 0.3) is 0 Å². The zero-order valence-electron chi connectivity index (χ0n) is 15.3. The zero-order chi connectivity index (χ0) is 18.4. The van der Waals surface area contributed by atoms with Gasteiger partial charge in [0.1, 0.15) is 6.61 Å². The number of fused-ring (bicyclic) bond motifs is 1. The fraction of sp³-hybridized carbons (Fsp3) is 0.381. The second kappa shape index (κ2) is 8.72. The monoisotopic (exact) mass is 355 g/mol. The molecule has 3 rings (SSSR count). The first-order valence-electron chi connectivity index (χ1n) is 8.97. The minimum atomic E-state index is -0.193. The SMILES string of the molecule is CCOC(=O)CC1NCCc2cc(OCc3ccccc3)c(OC)cc21. The highest BCUT2D eigenvalue weighted by atomic mass is 16.5. The van der Waals surface area contributed by atoms with Gasteiger partial charge >= 0.3 is 5.97 Å². The van der Waals surface area contributed by atoms with E-state index in [9.17, 15) is 4.79 Å². The van der Waals surface area contributed by atoms with E-state index >= 15 is 0 Å². The Balaban J connectivity index is 1.79. The molecule has 1 unspecified atom stereocenters. The van der Waals surface area contributed by atoms with Gasteiger partial charge in [0.05, 0.1) is 20.1 Å². The van der Waals surface area contributed by atoms with E-state index in [1.165, 1.54) is 5.56 Å². The van der Waals surface area contributed by atoms with Gasteiger partial charge < -0.3 is 19.5 Å². The average Bonchev–Trinajstić information content (AvgIpc) is 2.67. The van der Waals surface area contributed by atoms with Gasteiger partial charge in [-0.15, -0.1) is 0 Å². The number of methoxy groups -OCH3 is 1. The third-order valence-electron chi connectivity index (χ3n) is 4.50. The van der Waals surface area contributed by atoms with Crippen LogP contribution in [-0.2, 0) is 22.6 Å². The van der Waals surface area contributed by atoms with Crippen molar-refractivity contribution < 1.29 is 19.0 Å². The first kappa shape index (κ1) is 18.3. The molecular formula is C21H25NO4. The van der Waals surface area contributed by atoms with Crippen molar-refractivity contribution in [1.29, 1.82) is 0 Å². The Hall–Kier alpha value is -2.53. The van der Waals surface area contributed by atoms with Crippen LogP contribution < -0.4 is 14.8 Å². The van der Waals surface area contributed by atoms with Gasteiger partial charge in [-0.1, -0.05) is 30.3 Å². The lowest BCUT2D eigenvalue weighted by Gasteiger charge is -2.27. The summed E-state index contributed by atoms with van der Waals surface area (Å²) in [4.78, 5) is 11.9. The van der Waals surface area contributed by atoms with Gasteiger partial charge in [0, 0.05) is 6.04 Å². The van der Waals surface area contributed by atoms with Crippen LogP contribution in [0.1, 0.15) is 36.1 Å². The molecule has 1 heterocycles. The van der Waals surface area contributed by atoms with Gasteiger partial charge in [-0.2, -0.15) is 0 Å². The van der Waals surface area contributed by atoms with Gasteiger partial charge in [-0.25, -0.2) is 0 Å². The maximum atomic E-state index is 11.9. The van der Waals surface area contributed by atoms with Crippen LogP contribution in [0.3, 0.4) is 0 Å². The molecule has 0 saturated heterocycles. The predicted octanol–water partition coefficient (Wildman–Crippen LogP) is 3.41. The van der Waals surface area contributed by atoms with E-state index in [-0.39, 0.29) is 12.0 Å². The molecule has 2 aromatic rings. The smallest absolute Gasteiger partial charge is 0.307 e. The molecule has 1 N–H and O–H groups in total. The van der Waals surface area contributed by atoms with E-state index in [1.807, 2.05) is 49.4 Å². The molecule has 1 aliphatic heterocycles. The number of carbonyl (C=O) groups excluding carboxylic acids is 1. The standard InChI is InChI=1S/C21H25NO4/c1-3-25-21(23)13-18-17-12-19(24-2)20(11-16(17)9-10-22-18)26-14-15-7-5-4-6-8-15/h4-8,11-12,18,22H,3,9-10,13-14H2,1-2H3. The Morgan fingerprint density at radius 1 is 1.19 bits per heavy atom. The van der Waals surface area contributed by atoms with E-state index in [4.69, 9.17) is 14.2 Å². The maximum absolute atomic E-state index is 11.9. The van der Waals surface area contributed by atoms with E-state index < -0.39 is 0 Å². The summed E-state index contributed by atoms with van der Waals surface area (Å²) in [6, 6.07) is 14.0. The Labute approximate surface area is 154 Å². The molecule has 5 heteroatoms. The molecule has 1 atom stereocenters. The maximum Gasteiger partial charge on any atom is 0.307 e. The molecule has 26 heavy (non-hydrogen) atoms. The van der Waals surface area contributed by atoms with Crippen molar-refractivity contribution in [1.82, 2.24) is 5.32 Å². The van der Waals surface area contributed by atoms with Gasteiger partial charge in [0.15, 0.2) is 11.5 Å². The Morgan fingerprint density at radius 3 is 2.73 bits per heavy atom. The summed E-state index contributed by atoms with van der Waals surface area (Å²) >= 11 is 0. The summed E-state index contributed by atoms with van der Waals surface area (Å²) in [5.41, 5.74) is 3.37. The molecule has 1 aliphatic rings. The Morgan fingerprint density at radius 2 is 2.00 bits per heavy atom. The molecule has 0 bridgehead atoms. The number of ether oxygens (including phenoxy) is 3. The summed E-state index contributed by atoms with van der Waals surface area (Å²) < 4.78 is 16.6. The minimum absolute atomic E-state index is 0.0603. The van der Waals surface area contributed by atoms with Crippen LogP contribution in [-0.4, -0.2) is 26.2 Å². The molecule has 2 aromatic carbocycles. The number of carbonyl (C=O) groups is 1. The molecule has 0 radical (unpaired) electrons. The van der Waals surface area contributed by atoms with Crippen LogP contribution in [0.4, 0.5) is 0 Å². The number of rotatable bonds is 7. The summed E-state index contributed by atoms with van der Waals surface area (Å²) in [5.74, 6) is 1.21. The third-order valence-corrected chi connectivity index (χ3v) is 4.50. The average molecular weight is 355 g/mol. The van der Waals surface area contributed by atoms with Crippen molar-refractivity contribution in [2.24, 2.45) is 0 Å². The number of esters is 1. The molecule has 0 amide bonds. The van der Waals surface area contributed by atoms with Gasteiger partial charge in [-0.05, 0) is 48.7 Å². The molecule has 5 nitrogen and oxygen atoms in total. The zero-order valence-corrected chi connectivity index (χ0v) is 15.3. The highest BCUT2D eigenvalue weighted by molar-refractivity contribution is 5.71. The summed E-state index contributed by atoms with van der Waals surface area (Å²) in [7, 11) is 1.63. The van der Waals surface area contributed by atoms with Crippen molar-refractivity contribution in [2.75, 3.05) is 20.3 Å². The fourth-order valence-corrected chi connectivity index (χ4v) is 3.23. The molecule has 0 fully saturated rings. The molecule has 0 spiro atoms. The van der Waals surface area contributed by atoms with Gasteiger partial charge in [-0.3, -0.25) is 4.79 Å². The lowest BCUT2D eigenvalue weighted by atomic mass is 9.92.